The predicted molar refractivity (Wildman–Crippen MR) is 268 cm³/mol. The van der Waals surface area contributed by atoms with Crippen LogP contribution in [0.3, 0.4) is 0 Å². The molecular weight excluding hydrogens is 793 g/mol. The highest BCUT2D eigenvalue weighted by atomic mass is 16.5. The topological polar surface area (TPSA) is 43.2 Å². The molecule has 13 rings (SSSR count). The highest BCUT2D eigenvalue weighted by Gasteiger charge is 2.26. The molecule has 0 spiro atoms. The smallest absolute Gasteiger partial charge is 0.160 e. The molecule has 2 aromatic heterocycles. The van der Waals surface area contributed by atoms with Gasteiger partial charge in [0.15, 0.2) is 17.3 Å². The zero-order valence-electron chi connectivity index (χ0n) is 35.1. The Morgan fingerprint density at radius 1 is 0.354 bits per heavy atom. The molecule has 0 unspecified atom stereocenters. The van der Waals surface area contributed by atoms with Crippen LogP contribution in [0, 0.1) is 0 Å². The van der Waals surface area contributed by atoms with Crippen molar-refractivity contribution in [2.45, 2.75) is 0 Å². The van der Waals surface area contributed by atoms with E-state index in [-0.39, 0.29) is 0 Å². The van der Waals surface area contributed by atoms with Crippen LogP contribution < -0.4 is 9.64 Å². The highest BCUT2D eigenvalue weighted by Crippen LogP contribution is 2.51. The van der Waals surface area contributed by atoms with Gasteiger partial charge >= 0.3 is 0 Å². The number of benzene rings is 10. The van der Waals surface area contributed by atoms with Crippen molar-refractivity contribution in [2.24, 2.45) is 0 Å². The lowest BCUT2D eigenvalue weighted by Gasteiger charge is -2.33. The summed E-state index contributed by atoms with van der Waals surface area (Å²) in [6, 6.07) is 81.4. The van der Waals surface area contributed by atoms with E-state index >= 15 is 0 Å². The largest absolute Gasteiger partial charge is 0.453 e. The third kappa shape index (κ3) is 6.16. The lowest BCUT2D eigenvalue weighted by molar-refractivity contribution is 0.477. The Morgan fingerprint density at radius 3 is 1.86 bits per heavy atom. The number of fused-ring (bicyclic) bond motifs is 8. The second-order valence-electron chi connectivity index (χ2n) is 16.6. The van der Waals surface area contributed by atoms with Crippen LogP contribution in [-0.2, 0) is 0 Å². The van der Waals surface area contributed by atoms with E-state index in [1.54, 1.807) is 0 Å². The van der Waals surface area contributed by atoms with E-state index in [2.05, 4.69) is 216 Å². The second kappa shape index (κ2) is 14.9. The van der Waals surface area contributed by atoms with Crippen molar-refractivity contribution in [3.8, 4) is 62.1 Å². The molecular formula is C60H38N4O. The van der Waals surface area contributed by atoms with Gasteiger partial charge in [0, 0.05) is 38.7 Å². The lowest BCUT2D eigenvalue weighted by Crippen LogP contribution is -2.15. The second-order valence-corrected chi connectivity index (χ2v) is 16.6. The van der Waals surface area contributed by atoms with Gasteiger partial charge in [-0.05, 0) is 106 Å². The van der Waals surface area contributed by atoms with Crippen molar-refractivity contribution in [1.82, 2.24) is 14.5 Å². The quantitative estimate of drug-likeness (QED) is 0.167. The molecule has 1 aliphatic heterocycles. The number of hydrogen-bond donors (Lipinski definition) is 0. The summed E-state index contributed by atoms with van der Waals surface area (Å²) < 4.78 is 9.03. The van der Waals surface area contributed by atoms with Gasteiger partial charge in [-0.3, -0.25) is 0 Å². The normalized spacial score (nSPS) is 12.1. The van der Waals surface area contributed by atoms with Crippen LogP contribution in [0.1, 0.15) is 0 Å². The van der Waals surface area contributed by atoms with Crippen molar-refractivity contribution >= 4 is 60.5 Å². The molecule has 10 aromatic carbocycles. The number of rotatable bonds is 6. The minimum Gasteiger partial charge on any atom is -0.453 e. The maximum absolute atomic E-state index is 6.64. The van der Waals surface area contributed by atoms with Gasteiger partial charge in [0.25, 0.3) is 0 Å². The number of nitrogens with zero attached hydrogens (tertiary/aromatic N) is 4. The summed E-state index contributed by atoms with van der Waals surface area (Å²) in [7, 11) is 0. The molecule has 0 aliphatic carbocycles. The summed E-state index contributed by atoms with van der Waals surface area (Å²) >= 11 is 0. The average Bonchev–Trinajstić information content (AvgIpc) is 3.72. The first-order valence-electron chi connectivity index (χ1n) is 22.0. The summed E-state index contributed by atoms with van der Waals surface area (Å²) in [6.45, 7) is 0. The fourth-order valence-corrected chi connectivity index (χ4v) is 9.70. The standard InChI is InChI=1S/C60H38N4O/c1-3-14-39(15-4-1)40-26-28-42(29-27-40)59-49-22-9-10-23-51(49)61-60(62-59)45-17-13-20-47(36-45)64-52-33-31-43(37-50(52)58-48-21-8-7-16-41(48)30-35-55(58)64)44-32-34-54-57(38-44)65-56-25-12-11-24-53(56)63(54)46-18-5-2-6-19-46/h1-38H. The number of hydrogen-bond acceptors (Lipinski definition) is 4. The Hall–Kier alpha value is -8.80. The van der Waals surface area contributed by atoms with Crippen LogP contribution in [0.2, 0.25) is 0 Å². The predicted octanol–water partition coefficient (Wildman–Crippen LogP) is 16.1. The Morgan fingerprint density at radius 2 is 0.985 bits per heavy atom. The van der Waals surface area contributed by atoms with Crippen LogP contribution in [0.4, 0.5) is 17.1 Å². The number of ether oxygens (including phenoxy) is 1. The summed E-state index contributed by atoms with van der Waals surface area (Å²) in [5.41, 5.74) is 14.8. The van der Waals surface area contributed by atoms with Crippen molar-refractivity contribution < 1.29 is 4.74 Å². The molecule has 65 heavy (non-hydrogen) atoms. The summed E-state index contributed by atoms with van der Waals surface area (Å²) in [5.74, 6) is 2.33. The lowest BCUT2D eigenvalue weighted by atomic mass is 9.99. The van der Waals surface area contributed by atoms with Crippen LogP contribution in [0.15, 0.2) is 231 Å². The van der Waals surface area contributed by atoms with E-state index in [9.17, 15) is 0 Å². The van der Waals surface area contributed by atoms with Gasteiger partial charge in [0.05, 0.1) is 33.6 Å². The highest BCUT2D eigenvalue weighted by molar-refractivity contribution is 6.22. The molecule has 0 amide bonds. The molecule has 0 atom stereocenters. The number of para-hydroxylation sites is 4. The minimum absolute atomic E-state index is 0.685. The van der Waals surface area contributed by atoms with E-state index in [4.69, 9.17) is 14.7 Å². The summed E-state index contributed by atoms with van der Waals surface area (Å²) in [6.07, 6.45) is 0. The molecule has 1 aliphatic rings. The molecule has 0 saturated heterocycles. The van der Waals surface area contributed by atoms with Gasteiger partial charge < -0.3 is 14.2 Å². The monoisotopic (exact) mass is 830 g/mol. The molecule has 0 fully saturated rings. The van der Waals surface area contributed by atoms with Crippen LogP contribution in [0.5, 0.6) is 11.5 Å². The first-order valence-corrected chi connectivity index (χ1v) is 22.0. The van der Waals surface area contributed by atoms with Crippen molar-refractivity contribution in [1.29, 1.82) is 0 Å². The zero-order valence-corrected chi connectivity index (χ0v) is 35.1. The first-order chi connectivity index (χ1) is 32.2. The van der Waals surface area contributed by atoms with Crippen LogP contribution in [-0.4, -0.2) is 14.5 Å². The van der Waals surface area contributed by atoms with E-state index in [1.165, 1.54) is 32.7 Å². The molecule has 5 heteroatoms. The summed E-state index contributed by atoms with van der Waals surface area (Å²) in [5, 5.41) is 5.83. The number of aromatic nitrogens is 3. The summed E-state index contributed by atoms with van der Waals surface area (Å²) in [4.78, 5) is 12.7. The fourth-order valence-electron chi connectivity index (χ4n) is 9.70. The SMILES string of the molecule is c1ccc(-c2ccc(-c3nc(-c4cccc(-n5c6ccc(-c7ccc8c(c7)Oc7ccccc7N8c7ccccc7)cc6c6c7ccccc7ccc65)c4)nc4ccccc34)cc2)cc1. The van der Waals surface area contributed by atoms with Crippen LogP contribution >= 0.6 is 0 Å². The third-order valence-electron chi connectivity index (χ3n) is 12.8. The maximum Gasteiger partial charge on any atom is 0.160 e. The van der Waals surface area contributed by atoms with Crippen LogP contribution in [0.25, 0.3) is 94.1 Å². The average molecular weight is 831 g/mol. The van der Waals surface area contributed by atoms with E-state index in [0.29, 0.717) is 5.82 Å². The van der Waals surface area contributed by atoms with E-state index < -0.39 is 0 Å². The van der Waals surface area contributed by atoms with Crippen molar-refractivity contribution in [3.05, 3.63) is 231 Å². The number of anilines is 3. The van der Waals surface area contributed by atoms with Crippen molar-refractivity contribution in [2.75, 3.05) is 4.90 Å². The fraction of sp³-hybridized carbons (Fsp3) is 0. The van der Waals surface area contributed by atoms with Gasteiger partial charge in [-0.15, -0.1) is 0 Å². The van der Waals surface area contributed by atoms with Gasteiger partial charge in [-0.1, -0.05) is 158 Å². The molecule has 0 saturated carbocycles. The maximum atomic E-state index is 6.64. The Bertz CT molecular complexity index is 3800. The van der Waals surface area contributed by atoms with Gasteiger partial charge in [0.2, 0.25) is 0 Å². The first kappa shape index (κ1) is 36.8. The van der Waals surface area contributed by atoms with Crippen molar-refractivity contribution in [3.63, 3.8) is 0 Å². The molecule has 0 N–H and O–H groups in total. The Labute approximate surface area is 375 Å². The zero-order chi connectivity index (χ0) is 42.8. The Kier molecular flexibility index (Phi) is 8.46. The van der Waals surface area contributed by atoms with Gasteiger partial charge in [0.1, 0.15) is 0 Å². The minimum atomic E-state index is 0.685. The van der Waals surface area contributed by atoms with Gasteiger partial charge in [-0.25, -0.2) is 9.97 Å². The third-order valence-corrected chi connectivity index (χ3v) is 12.8. The van der Waals surface area contributed by atoms with E-state index in [1.807, 2.05) is 24.3 Å². The van der Waals surface area contributed by atoms with E-state index in [0.717, 1.165) is 84.1 Å². The Balaban J connectivity index is 0.941. The molecule has 0 radical (unpaired) electrons. The molecule has 5 nitrogen and oxygen atoms in total. The molecule has 0 bridgehead atoms. The molecule has 12 aromatic rings. The van der Waals surface area contributed by atoms with Gasteiger partial charge in [-0.2, -0.15) is 0 Å². The molecule has 3 heterocycles. The molecule has 304 valence electrons.